The molecule has 0 radical (unpaired) electrons. The van der Waals surface area contributed by atoms with Crippen LogP contribution >= 0.6 is 11.3 Å². The number of guanidine groups is 1. The summed E-state index contributed by atoms with van der Waals surface area (Å²) in [4.78, 5) is 4.49. The third-order valence-electron chi connectivity index (χ3n) is 3.61. The van der Waals surface area contributed by atoms with E-state index in [9.17, 15) is 5.11 Å². The molecule has 0 bridgehead atoms. The zero-order valence-electron chi connectivity index (χ0n) is 14.8. The lowest BCUT2D eigenvalue weighted by atomic mass is 10.00. The predicted octanol–water partition coefficient (Wildman–Crippen LogP) is 2.71. The van der Waals surface area contributed by atoms with Crippen LogP contribution in [0.15, 0.2) is 44.6 Å². The van der Waals surface area contributed by atoms with Crippen molar-refractivity contribution >= 4 is 17.3 Å². The number of nitrogens with one attached hydrogen (secondary N) is 2. The van der Waals surface area contributed by atoms with E-state index in [1.165, 1.54) is 0 Å². The van der Waals surface area contributed by atoms with E-state index < -0.39 is 5.60 Å². The molecule has 2 heterocycles. The van der Waals surface area contributed by atoms with Gasteiger partial charge in [-0.15, -0.1) is 0 Å². The number of ether oxygens (including phenoxy) is 1. The zero-order valence-corrected chi connectivity index (χ0v) is 15.6. The molecule has 1 atom stereocenters. The maximum absolute atomic E-state index is 10.5. The number of aliphatic hydroxyl groups is 1. The maximum atomic E-state index is 10.5. The largest absolute Gasteiger partial charge is 0.467 e. The first-order valence-electron chi connectivity index (χ1n) is 8.49. The van der Waals surface area contributed by atoms with Crippen molar-refractivity contribution in [2.45, 2.75) is 32.5 Å². The van der Waals surface area contributed by atoms with E-state index in [1.54, 1.807) is 24.5 Å². The molecule has 0 aliphatic carbocycles. The van der Waals surface area contributed by atoms with Crippen LogP contribution in [0.2, 0.25) is 0 Å². The van der Waals surface area contributed by atoms with E-state index in [0.29, 0.717) is 25.7 Å². The van der Waals surface area contributed by atoms with Gasteiger partial charge in [0.25, 0.3) is 0 Å². The highest BCUT2D eigenvalue weighted by atomic mass is 32.1. The van der Waals surface area contributed by atoms with Crippen LogP contribution in [-0.2, 0) is 16.9 Å². The number of aliphatic imine (C=N–C) groups is 1. The van der Waals surface area contributed by atoms with E-state index in [4.69, 9.17) is 9.15 Å². The molecule has 138 valence electrons. The summed E-state index contributed by atoms with van der Waals surface area (Å²) in [6.07, 6.45) is 2.50. The Kier molecular flexibility index (Phi) is 7.97. The van der Waals surface area contributed by atoms with Crippen molar-refractivity contribution in [1.82, 2.24) is 10.6 Å². The van der Waals surface area contributed by atoms with Crippen LogP contribution in [0.25, 0.3) is 0 Å². The van der Waals surface area contributed by atoms with Crippen molar-refractivity contribution in [2.24, 2.45) is 4.99 Å². The third kappa shape index (κ3) is 6.89. The molecule has 2 aromatic heterocycles. The van der Waals surface area contributed by atoms with Gasteiger partial charge in [-0.3, -0.25) is 0 Å². The molecule has 3 N–H and O–H groups in total. The number of thiophene rings is 1. The van der Waals surface area contributed by atoms with Gasteiger partial charge in [-0.2, -0.15) is 11.3 Å². The minimum atomic E-state index is -0.964. The Bertz CT molecular complexity index is 610. The van der Waals surface area contributed by atoms with Gasteiger partial charge in [-0.1, -0.05) is 0 Å². The Morgan fingerprint density at radius 1 is 1.40 bits per heavy atom. The Morgan fingerprint density at radius 3 is 2.96 bits per heavy atom. The highest BCUT2D eigenvalue weighted by molar-refractivity contribution is 7.08. The zero-order chi connectivity index (χ0) is 18.0. The second-order valence-electron chi connectivity index (χ2n) is 5.89. The summed E-state index contributed by atoms with van der Waals surface area (Å²) in [6.45, 7) is 6.73. The third-order valence-corrected chi connectivity index (χ3v) is 4.30. The van der Waals surface area contributed by atoms with Gasteiger partial charge in [-0.25, -0.2) is 4.99 Å². The van der Waals surface area contributed by atoms with Crippen LogP contribution in [0.3, 0.4) is 0 Å². The van der Waals surface area contributed by atoms with Crippen LogP contribution in [0.5, 0.6) is 0 Å². The number of hydrogen-bond acceptors (Lipinski definition) is 5. The number of nitrogens with zero attached hydrogens (tertiary/aromatic N) is 1. The summed E-state index contributed by atoms with van der Waals surface area (Å²) in [7, 11) is 0. The minimum Gasteiger partial charge on any atom is -0.467 e. The molecule has 1 unspecified atom stereocenters. The van der Waals surface area contributed by atoms with Gasteiger partial charge in [0.2, 0.25) is 0 Å². The Morgan fingerprint density at radius 2 is 2.28 bits per heavy atom. The van der Waals surface area contributed by atoms with Crippen LogP contribution in [0.1, 0.15) is 31.6 Å². The predicted molar refractivity (Wildman–Crippen MR) is 101 cm³/mol. The van der Waals surface area contributed by atoms with E-state index in [2.05, 4.69) is 15.6 Å². The fraction of sp³-hybridized carbons (Fsp3) is 0.500. The molecule has 0 aliphatic heterocycles. The Labute approximate surface area is 152 Å². The topological polar surface area (TPSA) is 79.0 Å². The lowest BCUT2D eigenvalue weighted by Crippen LogP contribution is -2.39. The van der Waals surface area contributed by atoms with Gasteiger partial charge in [0.1, 0.15) is 18.0 Å². The smallest absolute Gasteiger partial charge is 0.191 e. The summed E-state index contributed by atoms with van der Waals surface area (Å²) >= 11 is 1.57. The van der Waals surface area contributed by atoms with Crippen LogP contribution in [0, 0.1) is 0 Å². The molecule has 7 heteroatoms. The van der Waals surface area contributed by atoms with Crippen molar-refractivity contribution in [3.8, 4) is 0 Å². The Hall–Kier alpha value is -1.83. The summed E-state index contributed by atoms with van der Waals surface area (Å²) in [6, 6.07) is 5.68. The average molecular weight is 365 g/mol. The molecular weight excluding hydrogens is 338 g/mol. The van der Waals surface area contributed by atoms with E-state index in [-0.39, 0.29) is 0 Å². The molecular formula is C18H27N3O3S. The van der Waals surface area contributed by atoms with Gasteiger partial charge in [0.05, 0.1) is 12.8 Å². The summed E-state index contributed by atoms with van der Waals surface area (Å²) in [5, 5.41) is 20.9. The highest BCUT2D eigenvalue weighted by Gasteiger charge is 2.23. The molecule has 2 rings (SSSR count). The lowest BCUT2D eigenvalue weighted by Gasteiger charge is -2.21. The summed E-state index contributed by atoms with van der Waals surface area (Å²) in [5.41, 5.74) is -0.0717. The second kappa shape index (κ2) is 10.2. The van der Waals surface area contributed by atoms with E-state index in [0.717, 1.165) is 30.8 Å². The van der Waals surface area contributed by atoms with E-state index >= 15 is 0 Å². The molecule has 6 nitrogen and oxygen atoms in total. The molecule has 0 fully saturated rings. The molecule has 0 spiro atoms. The molecule has 0 aliphatic rings. The maximum Gasteiger partial charge on any atom is 0.191 e. The monoisotopic (exact) mass is 365 g/mol. The van der Waals surface area contributed by atoms with Crippen LogP contribution < -0.4 is 10.6 Å². The molecule has 0 aromatic carbocycles. The number of rotatable bonds is 10. The van der Waals surface area contributed by atoms with Crippen molar-refractivity contribution in [3.05, 3.63) is 46.5 Å². The molecule has 0 saturated heterocycles. The van der Waals surface area contributed by atoms with Gasteiger partial charge in [0, 0.05) is 19.7 Å². The number of hydrogen-bond donors (Lipinski definition) is 3. The fourth-order valence-electron chi connectivity index (χ4n) is 2.19. The SMILES string of the molecule is CCNC(=NCC(C)(O)c1ccsc1)NCCCOCc1ccco1. The van der Waals surface area contributed by atoms with Gasteiger partial charge < -0.3 is 24.9 Å². The fourth-order valence-corrected chi connectivity index (χ4v) is 2.97. The van der Waals surface area contributed by atoms with Gasteiger partial charge >= 0.3 is 0 Å². The normalized spacial score (nSPS) is 14.3. The minimum absolute atomic E-state index is 0.300. The van der Waals surface area contributed by atoms with Crippen molar-refractivity contribution < 1.29 is 14.3 Å². The Balaban J connectivity index is 1.70. The van der Waals surface area contributed by atoms with Crippen molar-refractivity contribution in [1.29, 1.82) is 0 Å². The molecule has 2 aromatic rings. The summed E-state index contributed by atoms with van der Waals surface area (Å²) in [5.74, 6) is 1.53. The first-order chi connectivity index (χ1) is 12.1. The molecule has 25 heavy (non-hydrogen) atoms. The van der Waals surface area contributed by atoms with E-state index in [1.807, 2.05) is 35.9 Å². The van der Waals surface area contributed by atoms with Crippen molar-refractivity contribution in [2.75, 3.05) is 26.2 Å². The second-order valence-corrected chi connectivity index (χ2v) is 6.67. The van der Waals surface area contributed by atoms with Crippen molar-refractivity contribution in [3.63, 3.8) is 0 Å². The molecule has 0 saturated carbocycles. The summed E-state index contributed by atoms with van der Waals surface area (Å²) < 4.78 is 10.8. The van der Waals surface area contributed by atoms with Crippen LogP contribution in [0.4, 0.5) is 0 Å². The number of furan rings is 1. The first-order valence-corrected chi connectivity index (χ1v) is 9.43. The highest BCUT2D eigenvalue weighted by Crippen LogP contribution is 2.23. The van der Waals surface area contributed by atoms with Gasteiger partial charge in [-0.05, 0) is 54.8 Å². The van der Waals surface area contributed by atoms with Crippen LogP contribution in [-0.4, -0.2) is 37.3 Å². The first kappa shape index (κ1) is 19.5. The van der Waals surface area contributed by atoms with Gasteiger partial charge in [0.15, 0.2) is 5.96 Å². The quantitative estimate of drug-likeness (QED) is 0.343. The standard InChI is InChI=1S/C18H27N3O3S/c1-3-19-17(21-14-18(2,22)15-7-11-25-13-15)20-8-5-9-23-12-16-6-4-10-24-16/h4,6-7,10-11,13,22H,3,5,8-9,12,14H2,1-2H3,(H2,19,20,21). The average Bonchev–Trinajstić information content (AvgIpc) is 3.29. The molecule has 0 amide bonds. The lowest BCUT2D eigenvalue weighted by molar-refractivity contribution is 0.0677.